The number of aryl methyl sites for hydroxylation is 1. The van der Waals surface area contributed by atoms with Crippen molar-refractivity contribution >= 4 is 45.7 Å². The molecule has 42 heavy (non-hydrogen) atoms. The Bertz CT molecular complexity index is 1680. The number of alkyl halides is 3. The van der Waals surface area contributed by atoms with Crippen LogP contribution in [0.4, 0.5) is 18.3 Å². The third kappa shape index (κ3) is 7.50. The predicted molar refractivity (Wildman–Crippen MR) is 158 cm³/mol. The molecule has 7 nitrogen and oxygen atoms in total. The van der Waals surface area contributed by atoms with Crippen molar-refractivity contribution in [2.45, 2.75) is 31.3 Å². The Balaban J connectivity index is 1.23. The van der Waals surface area contributed by atoms with Crippen LogP contribution in [0.1, 0.15) is 27.4 Å². The number of thiazole rings is 1. The van der Waals surface area contributed by atoms with Crippen molar-refractivity contribution in [2.24, 2.45) is 0 Å². The van der Waals surface area contributed by atoms with Gasteiger partial charge in [-0.1, -0.05) is 59.3 Å². The average molecular weight is 630 g/mol. The van der Waals surface area contributed by atoms with Gasteiger partial charge in [-0.25, -0.2) is 4.98 Å². The van der Waals surface area contributed by atoms with E-state index in [4.69, 9.17) is 16.3 Å². The van der Waals surface area contributed by atoms with Crippen molar-refractivity contribution in [1.82, 2.24) is 19.7 Å². The third-order valence-corrected chi connectivity index (χ3v) is 8.18. The molecule has 0 bridgehead atoms. The highest BCUT2D eigenvalue weighted by Crippen LogP contribution is 2.33. The van der Waals surface area contributed by atoms with E-state index in [1.165, 1.54) is 35.4 Å². The van der Waals surface area contributed by atoms with Crippen molar-refractivity contribution in [3.63, 3.8) is 0 Å². The van der Waals surface area contributed by atoms with Crippen LogP contribution in [0.25, 0.3) is 5.69 Å². The van der Waals surface area contributed by atoms with E-state index in [1.807, 2.05) is 66.1 Å². The van der Waals surface area contributed by atoms with Gasteiger partial charge in [-0.3, -0.25) is 9.36 Å². The Labute approximate surface area is 252 Å². The third-order valence-electron chi connectivity index (χ3n) is 5.97. The minimum atomic E-state index is -4.47. The van der Waals surface area contributed by atoms with Gasteiger partial charge in [0.25, 0.3) is 0 Å². The lowest BCUT2D eigenvalue weighted by Crippen LogP contribution is -2.14. The molecule has 0 aliphatic rings. The highest BCUT2D eigenvalue weighted by Gasteiger charge is 2.31. The maximum absolute atomic E-state index is 13.1. The molecule has 13 heteroatoms. The molecule has 3 aromatic carbocycles. The first-order valence-corrected chi connectivity index (χ1v) is 14.8. The molecule has 2 aromatic heterocycles. The van der Waals surface area contributed by atoms with Crippen LogP contribution < -0.4 is 10.1 Å². The van der Waals surface area contributed by atoms with Gasteiger partial charge in [-0.05, 0) is 55.0 Å². The molecular formula is C29H23ClF3N5O2S2. The van der Waals surface area contributed by atoms with E-state index < -0.39 is 11.7 Å². The van der Waals surface area contributed by atoms with E-state index in [0.717, 1.165) is 23.4 Å². The Morgan fingerprint density at radius 3 is 2.57 bits per heavy atom. The van der Waals surface area contributed by atoms with Crippen molar-refractivity contribution in [1.29, 1.82) is 0 Å². The fourth-order valence-corrected chi connectivity index (χ4v) is 5.72. The van der Waals surface area contributed by atoms with Gasteiger partial charge in [0.15, 0.2) is 16.1 Å². The number of nitrogens with zero attached hydrogens (tertiary/aromatic N) is 4. The molecule has 0 saturated carbocycles. The smallest absolute Gasteiger partial charge is 0.416 e. The first-order chi connectivity index (χ1) is 20.2. The summed E-state index contributed by atoms with van der Waals surface area (Å²) in [6, 6.07) is 20.4. The summed E-state index contributed by atoms with van der Waals surface area (Å²) in [6.45, 7) is 2.18. The molecule has 1 N–H and O–H groups in total. The predicted octanol–water partition coefficient (Wildman–Crippen LogP) is 7.61. The second-order valence-electron chi connectivity index (χ2n) is 9.12. The Morgan fingerprint density at radius 2 is 1.83 bits per heavy atom. The lowest BCUT2D eigenvalue weighted by molar-refractivity contribution is -0.137. The number of hydrogen-bond acceptors (Lipinski definition) is 7. The Morgan fingerprint density at radius 1 is 1.07 bits per heavy atom. The summed E-state index contributed by atoms with van der Waals surface area (Å²) in [5, 5.41) is 12.4. The maximum atomic E-state index is 13.1. The van der Waals surface area contributed by atoms with E-state index >= 15 is 0 Å². The van der Waals surface area contributed by atoms with Gasteiger partial charge in [0, 0.05) is 28.2 Å². The number of aromatic nitrogens is 4. The van der Waals surface area contributed by atoms with Crippen LogP contribution >= 0.6 is 34.7 Å². The molecule has 0 fully saturated rings. The number of amides is 1. The molecule has 2 heterocycles. The first-order valence-electron chi connectivity index (χ1n) is 12.6. The van der Waals surface area contributed by atoms with Gasteiger partial charge >= 0.3 is 6.18 Å². The Kier molecular flexibility index (Phi) is 9.15. The highest BCUT2D eigenvalue weighted by molar-refractivity contribution is 7.99. The second kappa shape index (κ2) is 13.0. The van der Waals surface area contributed by atoms with Crippen LogP contribution in [0.2, 0.25) is 5.02 Å². The summed E-state index contributed by atoms with van der Waals surface area (Å²) < 4.78 is 47.1. The second-order valence-corrected chi connectivity index (χ2v) is 11.6. The van der Waals surface area contributed by atoms with Crippen molar-refractivity contribution in [3.8, 4) is 11.4 Å². The zero-order valence-electron chi connectivity index (χ0n) is 22.1. The minimum Gasteiger partial charge on any atom is -0.486 e. The van der Waals surface area contributed by atoms with E-state index in [9.17, 15) is 18.0 Å². The standard InChI is InChI=1S/C29H23ClF3N5O2S2/c1-18-7-10-22(11-8-18)40-16-25-36-37-28(38(25)21-5-3-2-4-6-21)41-17-26(39)35-27-34-15-23(42-27)14-19-13-20(29(31,32)33)9-12-24(19)30/h2-13,15H,14,16-17H2,1H3,(H,34,35,39). The number of carbonyl (C=O) groups excluding carboxylic acids is 1. The van der Waals surface area contributed by atoms with Crippen LogP contribution in [0.15, 0.2) is 84.1 Å². The number of anilines is 1. The monoisotopic (exact) mass is 629 g/mol. The van der Waals surface area contributed by atoms with Gasteiger partial charge in [0.05, 0.1) is 11.3 Å². The number of thioether (sulfide) groups is 1. The quantitative estimate of drug-likeness (QED) is 0.160. The van der Waals surface area contributed by atoms with Gasteiger partial charge in [-0.15, -0.1) is 21.5 Å². The molecule has 0 aliphatic carbocycles. The van der Waals surface area contributed by atoms with E-state index in [1.54, 1.807) is 0 Å². The summed E-state index contributed by atoms with van der Waals surface area (Å²) >= 11 is 8.50. The molecule has 1 amide bonds. The van der Waals surface area contributed by atoms with Crippen LogP contribution in [0.5, 0.6) is 5.75 Å². The van der Waals surface area contributed by atoms with Crippen LogP contribution in [0, 0.1) is 6.92 Å². The zero-order chi connectivity index (χ0) is 29.7. The summed E-state index contributed by atoms with van der Waals surface area (Å²) in [5.41, 5.74) is 1.50. The van der Waals surface area contributed by atoms with Crippen molar-refractivity contribution < 1.29 is 22.7 Å². The van der Waals surface area contributed by atoms with Gasteiger partial charge in [0.2, 0.25) is 5.91 Å². The van der Waals surface area contributed by atoms with E-state index in [-0.39, 0.29) is 29.7 Å². The fourth-order valence-electron chi connectivity index (χ4n) is 3.91. The number of rotatable bonds is 10. The summed E-state index contributed by atoms with van der Waals surface area (Å²) in [7, 11) is 0. The zero-order valence-corrected chi connectivity index (χ0v) is 24.4. The largest absolute Gasteiger partial charge is 0.486 e. The number of nitrogens with one attached hydrogen (secondary N) is 1. The number of halogens is 4. The van der Waals surface area contributed by atoms with Crippen molar-refractivity contribution in [2.75, 3.05) is 11.1 Å². The van der Waals surface area contributed by atoms with Gasteiger partial charge in [0.1, 0.15) is 12.4 Å². The Hall–Kier alpha value is -3.87. The number of carbonyl (C=O) groups is 1. The molecule has 0 unspecified atom stereocenters. The normalized spacial score (nSPS) is 11.5. The first kappa shape index (κ1) is 29.6. The van der Waals surface area contributed by atoms with E-state index in [2.05, 4.69) is 20.5 Å². The number of benzene rings is 3. The molecule has 5 aromatic rings. The van der Waals surface area contributed by atoms with Gasteiger partial charge in [-0.2, -0.15) is 13.2 Å². The SMILES string of the molecule is Cc1ccc(OCc2nnc(SCC(=O)Nc3ncc(Cc4cc(C(F)(F)F)ccc4Cl)s3)n2-c2ccccc2)cc1. The summed E-state index contributed by atoms with van der Waals surface area (Å²) in [6.07, 6.45) is -2.81. The minimum absolute atomic E-state index is 0.0259. The lowest BCUT2D eigenvalue weighted by atomic mass is 10.1. The summed E-state index contributed by atoms with van der Waals surface area (Å²) in [4.78, 5) is 17.6. The van der Waals surface area contributed by atoms with Crippen LogP contribution in [0.3, 0.4) is 0 Å². The van der Waals surface area contributed by atoms with Crippen LogP contribution in [-0.4, -0.2) is 31.4 Å². The fraction of sp³-hybridized carbons (Fsp3) is 0.172. The van der Waals surface area contributed by atoms with E-state index in [0.29, 0.717) is 32.3 Å². The average Bonchev–Trinajstić information content (AvgIpc) is 3.59. The van der Waals surface area contributed by atoms with Crippen molar-refractivity contribution in [3.05, 3.63) is 111 Å². The molecular weight excluding hydrogens is 607 g/mol. The molecule has 0 aliphatic heterocycles. The molecule has 0 atom stereocenters. The lowest BCUT2D eigenvalue weighted by Gasteiger charge is -2.11. The molecule has 0 spiro atoms. The molecule has 216 valence electrons. The molecule has 0 saturated heterocycles. The number of ether oxygens (including phenoxy) is 1. The highest BCUT2D eigenvalue weighted by atomic mass is 35.5. The topological polar surface area (TPSA) is 81.9 Å². The summed E-state index contributed by atoms with van der Waals surface area (Å²) in [5.74, 6) is 0.980. The number of para-hydroxylation sites is 1. The number of hydrogen-bond donors (Lipinski definition) is 1. The maximum Gasteiger partial charge on any atom is 0.416 e. The van der Waals surface area contributed by atoms with Crippen LogP contribution in [-0.2, 0) is 24.0 Å². The molecule has 0 radical (unpaired) electrons. The van der Waals surface area contributed by atoms with Gasteiger partial charge < -0.3 is 10.1 Å². The molecule has 5 rings (SSSR count).